The van der Waals surface area contributed by atoms with Gasteiger partial charge in [0.15, 0.2) is 5.69 Å². The molecule has 0 spiro atoms. The smallest absolute Gasteiger partial charge is 0.444 e. The number of unbranched alkanes of at least 4 members (excludes halogenated alkanes) is 1. The van der Waals surface area contributed by atoms with Gasteiger partial charge in [0.2, 0.25) is 0 Å². The van der Waals surface area contributed by atoms with E-state index in [0.717, 1.165) is 12.8 Å². The minimum Gasteiger partial charge on any atom is -0.444 e. The largest absolute Gasteiger partial charge is 0.573 e. The minimum atomic E-state index is -4.79. The molecule has 0 radical (unpaired) electrons. The molecule has 0 unspecified atom stereocenters. The molecular weight excluding hydrogens is 509 g/mol. The molecule has 2 heterocycles. The molecule has 3 aromatic rings. The molecule has 0 aliphatic heterocycles. The summed E-state index contributed by atoms with van der Waals surface area (Å²) in [5, 5.41) is 21.0. The maximum atomic E-state index is 12.4. The number of nitrogens with one attached hydrogen (secondary N) is 2. The average molecular weight is 539 g/mol. The highest BCUT2D eigenvalue weighted by Crippen LogP contribution is 2.23. The van der Waals surface area contributed by atoms with E-state index in [-0.39, 0.29) is 24.5 Å². The highest BCUT2D eigenvalue weighted by Gasteiger charge is 2.31. The van der Waals surface area contributed by atoms with Crippen molar-refractivity contribution in [2.45, 2.75) is 71.8 Å². The third kappa shape index (κ3) is 10.1. The molecular formula is C23H29F3N8O4. The summed E-state index contributed by atoms with van der Waals surface area (Å²) in [6.45, 7) is 6.64. The van der Waals surface area contributed by atoms with E-state index >= 15 is 0 Å². The van der Waals surface area contributed by atoms with E-state index in [1.807, 2.05) is 0 Å². The van der Waals surface area contributed by atoms with Crippen LogP contribution < -0.4 is 15.4 Å². The van der Waals surface area contributed by atoms with E-state index in [2.05, 4.69) is 36.0 Å². The van der Waals surface area contributed by atoms with Gasteiger partial charge >= 0.3 is 12.5 Å². The number of halogens is 3. The normalized spacial score (nSPS) is 11.7. The molecule has 38 heavy (non-hydrogen) atoms. The van der Waals surface area contributed by atoms with Crippen LogP contribution in [-0.2, 0) is 30.9 Å². The predicted molar refractivity (Wildman–Crippen MR) is 127 cm³/mol. The number of amides is 2. The third-order valence-corrected chi connectivity index (χ3v) is 4.78. The Morgan fingerprint density at radius 2 is 1.63 bits per heavy atom. The number of alkyl halides is 3. The zero-order valence-electron chi connectivity index (χ0n) is 21.2. The quantitative estimate of drug-likeness (QED) is 0.355. The Morgan fingerprint density at radius 1 is 0.947 bits per heavy atom. The van der Waals surface area contributed by atoms with Crippen molar-refractivity contribution in [3.8, 4) is 5.75 Å². The van der Waals surface area contributed by atoms with E-state index in [4.69, 9.17) is 4.74 Å². The lowest BCUT2D eigenvalue weighted by atomic mass is 10.2. The second-order valence-electron chi connectivity index (χ2n) is 9.28. The molecule has 2 amide bonds. The highest BCUT2D eigenvalue weighted by molar-refractivity contribution is 5.91. The number of carbonyl (C=O) groups is 2. The van der Waals surface area contributed by atoms with Crippen molar-refractivity contribution in [1.29, 1.82) is 0 Å². The zero-order chi connectivity index (χ0) is 27.8. The van der Waals surface area contributed by atoms with Gasteiger partial charge in [-0.3, -0.25) is 14.2 Å². The summed E-state index contributed by atoms with van der Waals surface area (Å²) in [6.07, 6.45) is -0.618. The van der Waals surface area contributed by atoms with Gasteiger partial charge in [-0.25, -0.2) is 4.79 Å². The van der Waals surface area contributed by atoms with Gasteiger partial charge in [0.25, 0.3) is 5.91 Å². The van der Waals surface area contributed by atoms with Crippen LogP contribution >= 0.6 is 0 Å². The number of aromatic nitrogens is 6. The fourth-order valence-corrected chi connectivity index (χ4v) is 3.19. The van der Waals surface area contributed by atoms with E-state index < -0.39 is 24.0 Å². The van der Waals surface area contributed by atoms with Gasteiger partial charge in [-0.2, -0.15) is 0 Å². The van der Waals surface area contributed by atoms with Crippen molar-refractivity contribution in [3.63, 3.8) is 0 Å². The number of alkyl carbamates (subject to hydrolysis) is 1. The summed E-state index contributed by atoms with van der Waals surface area (Å²) < 4.78 is 49.4. The van der Waals surface area contributed by atoms with Crippen molar-refractivity contribution in [2.24, 2.45) is 0 Å². The van der Waals surface area contributed by atoms with Gasteiger partial charge in [0, 0.05) is 19.6 Å². The number of aryl methyl sites for hydroxylation is 2. The molecule has 0 bridgehead atoms. The standard InChI is InChI=1S/C23H29F3N8O4/c1-22(2,3)38-21(36)28-13-17-14-33(31-29-17)9-4-5-10-34-15-19(30-32-34)20(35)27-12-16-7-6-8-18(11-16)37-23(24,25)26/h6-8,11,14-15H,4-5,9-10,12-13H2,1-3H3,(H,27,35)(H,28,36). The molecule has 2 aromatic heterocycles. The van der Waals surface area contributed by atoms with Crippen molar-refractivity contribution in [3.05, 3.63) is 53.6 Å². The second kappa shape index (κ2) is 12.4. The lowest BCUT2D eigenvalue weighted by Crippen LogP contribution is -2.32. The summed E-state index contributed by atoms with van der Waals surface area (Å²) >= 11 is 0. The van der Waals surface area contributed by atoms with Gasteiger partial charge in [0.1, 0.15) is 17.0 Å². The van der Waals surface area contributed by atoms with Crippen LogP contribution in [0.3, 0.4) is 0 Å². The van der Waals surface area contributed by atoms with Gasteiger partial charge in [-0.1, -0.05) is 22.6 Å². The molecule has 0 atom stereocenters. The van der Waals surface area contributed by atoms with Crippen LogP contribution in [0.5, 0.6) is 5.75 Å². The lowest BCUT2D eigenvalue weighted by molar-refractivity contribution is -0.274. The summed E-state index contributed by atoms with van der Waals surface area (Å²) in [4.78, 5) is 24.1. The van der Waals surface area contributed by atoms with Crippen LogP contribution in [0.4, 0.5) is 18.0 Å². The molecule has 1 aromatic carbocycles. The Morgan fingerprint density at radius 3 is 2.32 bits per heavy atom. The SMILES string of the molecule is CC(C)(C)OC(=O)NCc1cn(CCCCn2cc(C(=O)NCc3cccc(OC(F)(F)F)c3)nn2)nn1. The Labute approximate surface area is 216 Å². The third-order valence-electron chi connectivity index (χ3n) is 4.78. The zero-order valence-corrected chi connectivity index (χ0v) is 21.2. The molecule has 0 fully saturated rings. The average Bonchev–Trinajstić information content (AvgIpc) is 3.47. The van der Waals surface area contributed by atoms with Crippen molar-refractivity contribution < 1.29 is 32.2 Å². The summed E-state index contributed by atoms with van der Waals surface area (Å²) in [5.41, 5.74) is 0.541. The van der Waals surface area contributed by atoms with Crippen LogP contribution in [0.2, 0.25) is 0 Å². The van der Waals surface area contributed by atoms with Gasteiger partial charge in [0.05, 0.1) is 18.9 Å². The maximum absolute atomic E-state index is 12.4. The first-order chi connectivity index (χ1) is 17.9. The molecule has 0 aliphatic rings. The van der Waals surface area contributed by atoms with Crippen LogP contribution in [0, 0.1) is 0 Å². The first-order valence-electron chi connectivity index (χ1n) is 11.8. The summed E-state index contributed by atoms with van der Waals surface area (Å²) in [5.74, 6) is -0.872. The van der Waals surface area contributed by atoms with Crippen molar-refractivity contribution in [2.75, 3.05) is 0 Å². The molecule has 0 aliphatic carbocycles. The monoisotopic (exact) mass is 538 g/mol. The first kappa shape index (κ1) is 28.4. The summed E-state index contributed by atoms with van der Waals surface area (Å²) in [7, 11) is 0. The molecule has 12 nitrogen and oxygen atoms in total. The number of rotatable bonds is 11. The molecule has 3 rings (SSSR count). The minimum absolute atomic E-state index is 0.00601. The van der Waals surface area contributed by atoms with Crippen LogP contribution in [-0.4, -0.2) is 54.0 Å². The van der Waals surface area contributed by atoms with Gasteiger partial charge < -0.3 is 20.1 Å². The number of ether oxygens (including phenoxy) is 2. The molecule has 15 heteroatoms. The Kier molecular flexibility index (Phi) is 9.25. The maximum Gasteiger partial charge on any atom is 0.573 e. The fraction of sp³-hybridized carbons (Fsp3) is 0.478. The van der Waals surface area contributed by atoms with E-state index in [0.29, 0.717) is 24.3 Å². The Balaban J connectivity index is 1.37. The Hall–Kier alpha value is -4.17. The van der Waals surface area contributed by atoms with Crippen LogP contribution in [0.15, 0.2) is 36.7 Å². The summed E-state index contributed by atoms with van der Waals surface area (Å²) in [6, 6.07) is 5.34. The first-order valence-corrected chi connectivity index (χ1v) is 11.8. The highest BCUT2D eigenvalue weighted by atomic mass is 19.4. The van der Waals surface area contributed by atoms with Gasteiger partial charge in [-0.15, -0.1) is 23.4 Å². The molecule has 0 saturated heterocycles. The van der Waals surface area contributed by atoms with E-state index in [1.165, 1.54) is 29.1 Å². The van der Waals surface area contributed by atoms with Crippen molar-refractivity contribution in [1.82, 2.24) is 40.6 Å². The number of hydrogen-bond donors (Lipinski definition) is 2. The van der Waals surface area contributed by atoms with Crippen molar-refractivity contribution >= 4 is 12.0 Å². The lowest BCUT2D eigenvalue weighted by Gasteiger charge is -2.19. The Bertz CT molecular complexity index is 1220. The van der Waals surface area contributed by atoms with E-state index in [9.17, 15) is 22.8 Å². The topological polar surface area (TPSA) is 138 Å². The molecule has 206 valence electrons. The predicted octanol–water partition coefficient (Wildman–Crippen LogP) is 3.20. The molecule has 2 N–H and O–H groups in total. The number of nitrogens with zero attached hydrogens (tertiary/aromatic N) is 6. The van der Waals surface area contributed by atoms with E-state index in [1.54, 1.807) is 37.7 Å². The second-order valence-corrected chi connectivity index (χ2v) is 9.28. The molecule has 0 saturated carbocycles. The van der Waals surface area contributed by atoms with Gasteiger partial charge in [-0.05, 0) is 51.3 Å². The van der Waals surface area contributed by atoms with Crippen LogP contribution in [0.25, 0.3) is 0 Å². The van der Waals surface area contributed by atoms with Crippen LogP contribution in [0.1, 0.15) is 55.4 Å². The fourth-order valence-electron chi connectivity index (χ4n) is 3.19. The number of carbonyl (C=O) groups excluding carboxylic acids is 2. The number of benzene rings is 1. The number of hydrogen-bond acceptors (Lipinski definition) is 8.